The number of benzene rings is 1. The largest absolute Gasteiger partial charge is 0.365 e. The van der Waals surface area contributed by atoms with Gasteiger partial charge in [0, 0.05) is 29.9 Å². The number of aryl methyl sites for hydroxylation is 1. The molecule has 1 N–H and O–H groups in total. The molecule has 34 heavy (non-hydrogen) atoms. The summed E-state index contributed by atoms with van der Waals surface area (Å²) in [5.41, 5.74) is 0.0971. The van der Waals surface area contributed by atoms with Crippen molar-refractivity contribution in [3.05, 3.63) is 87.9 Å². The molecule has 2 aromatic rings. The summed E-state index contributed by atoms with van der Waals surface area (Å²) in [4.78, 5) is 11.1. The van der Waals surface area contributed by atoms with E-state index >= 15 is 0 Å². The molecule has 1 aromatic heterocycles. The van der Waals surface area contributed by atoms with Crippen molar-refractivity contribution in [2.24, 2.45) is 5.92 Å². The fraction of sp³-hybridized carbons (Fsp3) is 0.308. The highest BCUT2D eigenvalue weighted by Crippen LogP contribution is 2.52. The first-order chi connectivity index (χ1) is 16.3. The van der Waals surface area contributed by atoms with Crippen LogP contribution in [0.5, 0.6) is 0 Å². The summed E-state index contributed by atoms with van der Waals surface area (Å²) in [6.45, 7) is 5.97. The van der Waals surface area contributed by atoms with Gasteiger partial charge in [0.15, 0.2) is 0 Å². The zero-order valence-electron chi connectivity index (χ0n) is 18.7. The van der Waals surface area contributed by atoms with Crippen molar-refractivity contribution in [3.8, 4) is 0 Å². The zero-order valence-corrected chi connectivity index (χ0v) is 18.7. The van der Waals surface area contributed by atoms with Crippen LogP contribution < -0.4 is 15.9 Å². The molecule has 5 rings (SSSR count). The van der Waals surface area contributed by atoms with E-state index in [9.17, 15) is 17.6 Å². The Morgan fingerprint density at radius 2 is 2.03 bits per heavy atom. The van der Waals surface area contributed by atoms with Gasteiger partial charge >= 0.3 is 0 Å². The van der Waals surface area contributed by atoms with Crippen molar-refractivity contribution in [2.75, 3.05) is 5.32 Å². The van der Waals surface area contributed by atoms with Crippen molar-refractivity contribution in [1.29, 1.82) is 0 Å². The van der Waals surface area contributed by atoms with Crippen LogP contribution in [0.4, 0.5) is 23.4 Å². The molecule has 1 aliphatic heterocycles. The van der Waals surface area contributed by atoms with Crippen LogP contribution in [0, 0.1) is 18.7 Å². The highest BCUT2D eigenvalue weighted by Gasteiger charge is 2.53. The van der Waals surface area contributed by atoms with Gasteiger partial charge in [0.1, 0.15) is 23.3 Å². The predicted octanol–water partition coefficient (Wildman–Crippen LogP) is 4.78. The van der Waals surface area contributed by atoms with Crippen molar-refractivity contribution in [2.45, 2.75) is 44.7 Å². The van der Waals surface area contributed by atoms with Crippen LogP contribution in [-0.4, -0.2) is 20.4 Å². The quantitative estimate of drug-likeness (QED) is 0.620. The lowest BCUT2D eigenvalue weighted by molar-refractivity contribution is 0.146. The Bertz CT molecular complexity index is 1340. The van der Waals surface area contributed by atoms with Gasteiger partial charge in [0.05, 0.1) is 21.7 Å². The number of aromatic nitrogens is 2. The van der Waals surface area contributed by atoms with Crippen LogP contribution in [-0.2, 0) is 6.54 Å². The van der Waals surface area contributed by atoms with Gasteiger partial charge in [-0.3, -0.25) is 0 Å². The molecule has 1 unspecified atom stereocenters. The molecule has 0 saturated heterocycles. The average Bonchev–Trinajstić information content (AvgIpc) is 3.59. The Kier molecular flexibility index (Phi) is 5.54. The minimum Gasteiger partial charge on any atom is -0.365 e. The number of fused-ring (bicyclic) bond motifs is 1. The normalized spacial score (nSPS) is 20.4. The second-order valence-corrected chi connectivity index (χ2v) is 8.92. The summed E-state index contributed by atoms with van der Waals surface area (Å²) in [6, 6.07) is 3.97. The molecule has 2 aliphatic carbocycles. The van der Waals surface area contributed by atoms with Gasteiger partial charge in [-0.2, -0.15) is 0 Å². The molecule has 1 saturated carbocycles. The van der Waals surface area contributed by atoms with Crippen molar-refractivity contribution in [3.63, 3.8) is 0 Å². The molecule has 1 fully saturated rings. The Labute approximate surface area is 194 Å². The minimum atomic E-state index is -2.89. The third-order valence-corrected chi connectivity index (χ3v) is 6.73. The Balaban J connectivity index is 1.49. The van der Waals surface area contributed by atoms with Crippen LogP contribution in [0.25, 0.3) is 12.3 Å². The average molecular weight is 468 g/mol. The number of anilines is 1. The van der Waals surface area contributed by atoms with Gasteiger partial charge in [-0.1, -0.05) is 30.9 Å². The fourth-order valence-electron chi connectivity index (χ4n) is 4.82. The van der Waals surface area contributed by atoms with Crippen LogP contribution in [0.3, 0.4) is 0 Å². The molecule has 0 spiro atoms. The second-order valence-electron chi connectivity index (χ2n) is 8.92. The number of halogens is 4. The summed E-state index contributed by atoms with van der Waals surface area (Å²) < 4.78 is 54.2. The maximum Gasteiger partial charge on any atom is 0.266 e. The summed E-state index contributed by atoms with van der Waals surface area (Å²) >= 11 is 0. The topological polar surface area (TPSA) is 41.1 Å². The molecule has 8 heteroatoms. The van der Waals surface area contributed by atoms with Crippen LogP contribution in [0.15, 0.2) is 54.5 Å². The monoisotopic (exact) mass is 468 g/mol. The number of nitrogens with one attached hydrogen (secondary N) is 1. The molecule has 1 atom stereocenters. The third kappa shape index (κ3) is 3.91. The molecule has 0 bridgehead atoms. The smallest absolute Gasteiger partial charge is 0.266 e. The van der Waals surface area contributed by atoms with Crippen LogP contribution in [0.2, 0.25) is 0 Å². The summed E-state index contributed by atoms with van der Waals surface area (Å²) in [7, 11) is 0. The zero-order chi connectivity index (χ0) is 24.0. The van der Waals surface area contributed by atoms with E-state index in [2.05, 4.69) is 26.8 Å². The maximum absolute atomic E-state index is 14.5. The van der Waals surface area contributed by atoms with Gasteiger partial charge in [-0.25, -0.2) is 27.5 Å². The number of alkyl halides is 2. The van der Waals surface area contributed by atoms with Gasteiger partial charge in [-0.15, -0.1) is 0 Å². The van der Waals surface area contributed by atoms with E-state index in [4.69, 9.17) is 0 Å². The molecule has 4 nitrogen and oxygen atoms in total. The fourth-order valence-corrected chi connectivity index (χ4v) is 4.82. The number of allylic oxidation sites excluding steroid dienone is 4. The van der Waals surface area contributed by atoms with Crippen molar-refractivity contribution >= 4 is 18.1 Å². The lowest BCUT2D eigenvalue weighted by Crippen LogP contribution is -2.46. The SMILES string of the molecule is C=C1C=c2nc(C)nc(NCc3cccc(C(F)F)c3F)c2=CN1C1(C2C=CC(F)=CC2)CC1. The number of hydrogen-bond donors (Lipinski definition) is 1. The molecule has 0 radical (unpaired) electrons. The highest BCUT2D eigenvalue weighted by molar-refractivity contribution is 5.58. The molecular formula is C26H24F4N4. The minimum absolute atomic E-state index is 0.00928. The van der Waals surface area contributed by atoms with E-state index in [0.29, 0.717) is 23.4 Å². The first-order valence-electron chi connectivity index (χ1n) is 11.2. The first-order valence-corrected chi connectivity index (χ1v) is 11.2. The van der Waals surface area contributed by atoms with Crippen molar-refractivity contribution < 1.29 is 17.6 Å². The van der Waals surface area contributed by atoms with E-state index < -0.39 is 17.8 Å². The third-order valence-electron chi connectivity index (χ3n) is 6.73. The van der Waals surface area contributed by atoms with E-state index in [1.807, 2.05) is 18.4 Å². The summed E-state index contributed by atoms with van der Waals surface area (Å²) in [6.07, 6.45) is 8.48. The lowest BCUT2D eigenvalue weighted by atomic mass is 9.88. The highest BCUT2D eigenvalue weighted by atomic mass is 19.3. The Hall–Kier alpha value is -3.42. The molecule has 1 aromatic carbocycles. The van der Waals surface area contributed by atoms with Crippen LogP contribution in [0.1, 0.15) is 42.6 Å². The number of hydrogen-bond acceptors (Lipinski definition) is 4. The summed E-state index contributed by atoms with van der Waals surface area (Å²) in [5, 5.41) is 4.51. The van der Waals surface area contributed by atoms with Gasteiger partial charge in [0.25, 0.3) is 6.43 Å². The standard InChI is InChI=1S/C26H24F4N4/c1-15-12-22-21(14-34(15)26(10-11-26)18-6-8-19(27)9-7-18)25(33-16(2)32-22)31-13-17-4-3-5-20(23(17)28)24(29)30/h3-6,8-9,12,14,18,24H,1,7,10-11,13H2,2H3,(H,31,32,33). The van der Waals surface area contributed by atoms with Gasteiger partial charge in [0.2, 0.25) is 0 Å². The van der Waals surface area contributed by atoms with Gasteiger partial charge in [-0.05, 0) is 44.4 Å². The predicted molar refractivity (Wildman–Crippen MR) is 123 cm³/mol. The number of nitrogens with zero attached hydrogens (tertiary/aromatic N) is 3. The Morgan fingerprint density at radius 3 is 2.71 bits per heavy atom. The first kappa shape index (κ1) is 22.4. The van der Waals surface area contributed by atoms with Crippen molar-refractivity contribution in [1.82, 2.24) is 14.9 Å². The second kappa shape index (κ2) is 8.42. The maximum atomic E-state index is 14.5. The number of rotatable bonds is 6. The molecule has 2 heterocycles. The van der Waals surface area contributed by atoms with E-state index in [0.717, 1.165) is 29.8 Å². The molecule has 3 aliphatic rings. The van der Waals surface area contributed by atoms with Gasteiger partial charge < -0.3 is 10.2 Å². The summed E-state index contributed by atoms with van der Waals surface area (Å²) in [5.74, 6) is 0.00858. The van der Waals surface area contributed by atoms with Crippen LogP contribution >= 0.6 is 0 Å². The molecule has 0 amide bonds. The van der Waals surface area contributed by atoms with E-state index in [1.165, 1.54) is 18.2 Å². The molecular weight excluding hydrogens is 444 g/mol. The Morgan fingerprint density at radius 1 is 1.24 bits per heavy atom. The van der Waals surface area contributed by atoms with E-state index in [1.54, 1.807) is 13.0 Å². The molecule has 176 valence electrons. The lowest BCUT2D eigenvalue weighted by Gasteiger charge is -2.38. The van der Waals surface area contributed by atoms with E-state index in [-0.39, 0.29) is 29.4 Å².